The van der Waals surface area contributed by atoms with Gasteiger partial charge in [0.25, 0.3) is 5.69 Å². The number of hydrogen-bond donors (Lipinski definition) is 2. The quantitative estimate of drug-likeness (QED) is 0.579. The van der Waals surface area contributed by atoms with E-state index in [-0.39, 0.29) is 11.7 Å². The summed E-state index contributed by atoms with van der Waals surface area (Å²) < 4.78 is 0. The molecule has 16 heavy (non-hydrogen) atoms. The fourth-order valence-electron chi connectivity index (χ4n) is 1.50. The van der Waals surface area contributed by atoms with Gasteiger partial charge in [-0.25, -0.2) is 4.79 Å². The van der Waals surface area contributed by atoms with Crippen LogP contribution in [0.15, 0.2) is 30.3 Å². The fourth-order valence-corrected chi connectivity index (χ4v) is 1.50. The van der Waals surface area contributed by atoms with Gasteiger partial charge in [-0.3, -0.25) is 10.1 Å². The largest absolute Gasteiger partial charge is 0.334 e. The van der Waals surface area contributed by atoms with Crippen molar-refractivity contribution in [1.82, 2.24) is 10.6 Å². The molecule has 1 aromatic carbocycles. The van der Waals surface area contributed by atoms with Gasteiger partial charge in [-0.1, -0.05) is 12.1 Å². The highest BCUT2D eigenvalue weighted by Crippen LogP contribution is 2.24. The second-order valence-corrected chi connectivity index (χ2v) is 3.23. The van der Waals surface area contributed by atoms with Crippen molar-refractivity contribution in [1.29, 1.82) is 0 Å². The van der Waals surface area contributed by atoms with Crippen LogP contribution in [0.4, 0.5) is 10.5 Å². The number of nitrogens with one attached hydrogen (secondary N) is 2. The molecule has 6 heteroatoms. The molecule has 0 fully saturated rings. The minimum atomic E-state index is -0.468. The Hall–Kier alpha value is -2.37. The van der Waals surface area contributed by atoms with Gasteiger partial charge < -0.3 is 10.6 Å². The number of carbonyl (C=O) groups is 1. The zero-order valence-electron chi connectivity index (χ0n) is 8.27. The van der Waals surface area contributed by atoms with E-state index in [1.54, 1.807) is 24.3 Å². The summed E-state index contributed by atoms with van der Waals surface area (Å²) in [5.74, 6) is 0. The molecular formula is C10H9N3O3. The lowest BCUT2D eigenvalue weighted by Crippen LogP contribution is -2.38. The maximum atomic E-state index is 11.1. The number of carbonyl (C=O) groups excluding carboxylic acids is 1. The average Bonchev–Trinajstić information content (AvgIpc) is 2.29. The third-order valence-corrected chi connectivity index (χ3v) is 2.21. The zero-order valence-corrected chi connectivity index (χ0v) is 8.27. The van der Waals surface area contributed by atoms with Crippen molar-refractivity contribution in [3.8, 4) is 0 Å². The van der Waals surface area contributed by atoms with Crippen molar-refractivity contribution in [2.24, 2.45) is 0 Å². The van der Waals surface area contributed by atoms with Crippen molar-refractivity contribution in [3.05, 3.63) is 46.0 Å². The van der Waals surface area contributed by atoms with Crippen molar-refractivity contribution in [3.63, 3.8) is 0 Å². The molecule has 1 aliphatic rings. The van der Waals surface area contributed by atoms with Crippen LogP contribution >= 0.6 is 0 Å². The van der Waals surface area contributed by atoms with Crippen LogP contribution in [0, 0.1) is 10.1 Å². The maximum absolute atomic E-state index is 11.1. The Bertz CT molecular complexity index is 482. The first-order valence-corrected chi connectivity index (χ1v) is 4.67. The summed E-state index contributed by atoms with van der Waals surface area (Å²) in [6, 6.07) is 5.94. The lowest BCUT2D eigenvalue weighted by atomic mass is 10.1. The number of nitro groups is 1. The molecule has 0 aliphatic carbocycles. The molecule has 0 aromatic heterocycles. The van der Waals surface area contributed by atoms with Crippen LogP contribution in [0.25, 0.3) is 5.70 Å². The number of benzene rings is 1. The van der Waals surface area contributed by atoms with E-state index in [1.165, 1.54) is 6.07 Å². The number of nitrogens with zero attached hydrogens (tertiary/aromatic N) is 1. The third kappa shape index (κ3) is 1.85. The summed E-state index contributed by atoms with van der Waals surface area (Å²) in [5, 5.41) is 15.9. The molecule has 1 aromatic rings. The van der Waals surface area contributed by atoms with E-state index in [0.29, 0.717) is 17.8 Å². The molecule has 6 nitrogen and oxygen atoms in total. The second kappa shape index (κ2) is 4.01. The fraction of sp³-hybridized carbons (Fsp3) is 0.100. The van der Waals surface area contributed by atoms with E-state index < -0.39 is 4.92 Å². The van der Waals surface area contributed by atoms with Crippen molar-refractivity contribution >= 4 is 17.4 Å². The molecule has 0 saturated heterocycles. The molecule has 2 rings (SSSR count). The summed E-state index contributed by atoms with van der Waals surface area (Å²) in [5.41, 5.74) is 0.870. The van der Waals surface area contributed by atoms with E-state index in [1.807, 2.05) is 0 Å². The Kier molecular flexibility index (Phi) is 2.55. The molecule has 82 valence electrons. The number of hydrogen-bond acceptors (Lipinski definition) is 3. The molecule has 0 bridgehead atoms. The Labute approximate surface area is 91.1 Å². The summed E-state index contributed by atoms with van der Waals surface area (Å²) >= 11 is 0. The van der Waals surface area contributed by atoms with E-state index in [2.05, 4.69) is 10.6 Å². The van der Waals surface area contributed by atoms with Crippen LogP contribution in [-0.4, -0.2) is 17.5 Å². The van der Waals surface area contributed by atoms with E-state index in [4.69, 9.17) is 0 Å². The molecule has 0 atom stereocenters. The highest BCUT2D eigenvalue weighted by Gasteiger charge is 2.19. The average molecular weight is 219 g/mol. The molecule has 0 radical (unpaired) electrons. The zero-order chi connectivity index (χ0) is 11.5. The van der Waals surface area contributed by atoms with Gasteiger partial charge in [-0.15, -0.1) is 0 Å². The normalized spacial score (nSPS) is 14.8. The molecule has 1 heterocycles. The van der Waals surface area contributed by atoms with Crippen LogP contribution in [0.1, 0.15) is 5.56 Å². The van der Waals surface area contributed by atoms with Gasteiger partial charge in [0.2, 0.25) is 0 Å². The van der Waals surface area contributed by atoms with Gasteiger partial charge in [0.15, 0.2) is 0 Å². The van der Waals surface area contributed by atoms with E-state index in [9.17, 15) is 14.9 Å². The van der Waals surface area contributed by atoms with Gasteiger partial charge in [0.05, 0.1) is 16.2 Å². The second-order valence-electron chi connectivity index (χ2n) is 3.23. The smallest absolute Gasteiger partial charge is 0.319 e. The number of urea groups is 1. The van der Waals surface area contributed by atoms with Crippen LogP contribution < -0.4 is 10.6 Å². The van der Waals surface area contributed by atoms with Crippen molar-refractivity contribution in [2.45, 2.75) is 0 Å². The minimum Gasteiger partial charge on any atom is -0.334 e. The lowest BCUT2D eigenvalue weighted by Gasteiger charge is -2.15. The van der Waals surface area contributed by atoms with Gasteiger partial charge in [0, 0.05) is 12.6 Å². The SMILES string of the molecule is O=C1NCC=C(c2ccccc2[N+](=O)[O-])N1. The first-order chi connectivity index (χ1) is 7.68. The van der Waals surface area contributed by atoms with E-state index >= 15 is 0 Å². The van der Waals surface area contributed by atoms with Crippen LogP contribution in [-0.2, 0) is 0 Å². The lowest BCUT2D eigenvalue weighted by molar-refractivity contribution is -0.385. The maximum Gasteiger partial charge on any atom is 0.319 e. The predicted molar refractivity (Wildman–Crippen MR) is 57.6 cm³/mol. The number of amides is 2. The topological polar surface area (TPSA) is 84.3 Å². The predicted octanol–water partition coefficient (Wildman–Crippen LogP) is 1.25. The van der Waals surface area contributed by atoms with Crippen molar-refractivity contribution < 1.29 is 9.72 Å². The minimum absolute atomic E-state index is 0.0176. The number of nitro benzene ring substituents is 1. The monoisotopic (exact) mass is 219 g/mol. The Balaban J connectivity index is 2.43. The highest BCUT2D eigenvalue weighted by molar-refractivity contribution is 5.89. The first kappa shape index (κ1) is 10.2. The molecular weight excluding hydrogens is 210 g/mol. The number of para-hydroxylation sites is 1. The Morgan fingerprint density at radius 1 is 1.31 bits per heavy atom. The summed E-state index contributed by atoms with van der Waals surface area (Å²) in [6.07, 6.45) is 1.70. The van der Waals surface area contributed by atoms with Gasteiger partial charge in [-0.2, -0.15) is 0 Å². The van der Waals surface area contributed by atoms with Gasteiger partial charge >= 0.3 is 6.03 Å². The van der Waals surface area contributed by atoms with Crippen LogP contribution in [0.2, 0.25) is 0 Å². The van der Waals surface area contributed by atoms with Gasteiger partial charge in [0.1, 0.15) is 0 Å². The molecule has 0 spiro atoms. The van der Waals surface area contributed by atoms with E-state index in [0.717, 1.165) is 0 Å². The summed E-state index contributed by atoms with van der Waals surface area (Å²) in [7, 11) is 0. The van der Waals surface area contributed by atoms with Crippen LogP contribution in [0.5, 0.6) is 0 Å². The number of rotatable bonds is 2. The molecule has 1 aliphatic heterocycles. The molecule has 0 saturated carbocycles. The third-order valence-electron chi connectivity index (χ3n) is 2.21. The Morgan fingerprint density at radius 2 is 2.06 bits per heavy atom. The summed E-state index contributed by atoms with van der Waals surface area (Å²) in [4.78, 5) is 21.4. The molecule has 2 N–H and O–H groups in total. The van der Waals surface area contributed by atoms with Crippen LogP contribution in [0.3, 0.4) is 0 Å². The van der Waals surface area contributed by atoms with Crippen molar-refractivity contribution in [2.75, 3.05) is 6.54 Å². The summed E-state index contributed by atoms with van der Waals surface area (Å²) in [6.45, 7) is 0.368. The first-order valence-electron chi connectivity index (χ1n) is 4.67. The Morgan fingerprint density at radius 3 is 2.75 bits per heavy atom. The molecule has 2 amide bonds. The standard InChI is InChI=1S/C10H9N3O3/c14-10-11-6-5-8(12-10)7-3-1-2-4-9(7)13(15)16/h1-5H,6H2,(H2,11,12,14). The van der Waals surface area contributed by atoms with Gasteiger partial charge in [-0.05, 0) is 12.1 Å². The highest BCUT2D eigenvalue weighted by atomic mass is 16.6. The molecule has 0 unspecified atom stereocenters.